The predicted molar refractivity (Wildman–Crippen MR) is 83.5 cm³/mol. The molecule has 112 valence electrons. The minimum Gasteiger partial charge on any atom is -0.390 e. The molecule has 1 fully saturated rings. The van der Waals surface area contributed by atoms with E-state index in [-0.39, 0.29) is 0 Å². The van der Waals surface area contributed by atoms with E-state index in [1.807, 2.05) is 6.07 Å². The zero-order valence-corrected chi connectivity index (χ0v) is 13.5. The topological polar surface area (TPSA) is 29.5 Å². The van der Waals surface area contributed by atoms with Crippen LogP contribution in [0.1, 0.15) is 38.2 Å². The molecule has 4 heteroatoms. The van der Waals surface area contributed by atoms with Crippen LogP contribution in [0.3, 0.4) is 0 Å². The summed E-state index contributed by atoms with van der Waals surface area (Å²) < 4.78 is 5.71. The van der Waals surface area contributed by atoms with Crippen molar-refractivity contribution in [3.05, 3.63) is 33.8 Å². The van der Waals surface area contributed by atoms with E-state index < -0.39 is 11.7 Å². The second kappa shape index (κ2) is 6.65. The third-order valence-electron chi connectivity index (χ3n) is 4.56. The van der Waals surface area contributed by atoms with Crippen LogP contribution in [0.15, 0.2) is 18.2 Å². The molecule has 1 aliphatic rings. The van der Waals surface area contributed by atoms with Gasteiger partial charge >= 0.3 is 0 Å². The second-order valence-corrected chi connectivity index (χ2v) is 6.75. The first-order valence-corrected chi connectivity index (χ1v) is 7.89. The van der Waals surface area contributed by atoms with Gasteiger partial charge < -0.3 is 9.84 Å². The summed E-state index contributed by atoms with van der Waals surface area (Å²) in [6.45, 7) is 2.25. The van der Waals surface area contributed by atoms with Crippen LogP contribution in [0, 0.1) is 5.92 Å². The van der Waals surface area contributed by atoms with Gasteiger partial charge in [-0.3, -0.25) is 0 Å². The first-order valence-electron chi connectivity index (χ1n) is 7.14. The lowest BCUT2D eigenvalue weighted by atomic mass is 9.75. The number of halogens is 2. The summed E-state index contributed by atoms with van der Waals surface area (Å²) in [5, 5.41) is 11.9. The lowest BCUT2D eigenvalue weighted by molar-refractivity contribution is -0.127. The maximum Gasteiger partial charge on any atom is 0.0939 e. The van der Waals surface area contributed by atoms with Crippen molar-refractivity contribution in [1.29, 1.82) is 0 Å². The smallest absolute Gasteiger partial charge is 0.0939 e. The SMILES string of the molecule is COC1(C(O)Cc2cc(Cl)ccc2Cl)CCC(C)CC1. The van der Waals surface area contributed by atoms with Gasteiger partial charge in [0.05, 0.1) is 11.7 Å². The van der Waals surface area contributed by atoms with Crippen molar-refractivity contribution in [2.24, 2.45) is 5.92 Å². The molecule has 0 aromatic heterocycles. The normalized spacial score (nSPS) is 28.4. The van der Waals surface area contributed by atoms with Crippen LogP contribution in [0.4, 0.5) is 0 Å². The Labute approximate surface area is 131 Å². The number of benzene rings is 1. The van der Waals surface area contributed by atoms with Crippen LogP contribution in [-0.2, 0) is 11.2 Å². The van der Waals surface area contributed by atoms with Gasteiger partial charge in [0.2, 0.25) is 0 Å². The van der Waals surface area contributed by atoms with E-state index in [4.69, 9.17) is 27.9 Å². The largest absolute Gasteiger partial charge is 0.390 e. The fraction of sp³-hybridized carbons (Fsp3) is 0.625. The summed E-state index contributed by atoms with van der Waals surface area (Å²) in [7, 11) is 1.69. The Balaban J connectivity index is 2.13. The second-order valence-electron chi connectivity index (χ2n) is 5.91. The fourth-order valence-electron chi connectivity index (χ4n) is 3.02. The number of aliphatic hydroxyl groups excluding tert-OH is 1. The van der Waals surface area contributed by atoms with E-state index in [9.17, 15) is 5.11 Å². The summed E-state index contributed by atoms with van der Waals surface area (Å²) in [6.07, 6.45) is 3.88. The van der Waals surface area contributed by atoms with E-state index >= 15 is 0 Å². The minimum absolute atomic E-state index is 0.446. The highest BCUT2D eigenvalue weighted by molar-refractivity contribution is 6.33. The Morgan fingerprint density at radius 2 is 2.00 bits per heavy atom. The van der Waals surface area contributed by atoms with Crippen molar-refractivity contribution in [1.82, 2.24) is 0 Å². The monoisotopic (exact) mass is 316 g/mol. The van der Waals surface area contributed by atoms with E-state index in [0.717, 1.165) is 31.2 Å². The fourth-order valence-corrected chi connectivity index (χ4v) is 3.41. The van der Waals surface area contributed by atoms with E-state index in [2.05, 4.69) is 6.92 Å². The highest BCUT2D eigenvalue weighted by Crippen LogP contribution is 2.38. The van der Waals surface area contributed by atoms with E-state index in [1.165, 1.54) is 0 Å². The molecule has 20 heavy (non-hydrogen) atoms. The van der Waals surface area contributed by atoms with E-state index in [1.54, 1.807) is 19.2 Å². The van der Waals surface area contributed by atoms with Gasteiger partial charge in [-0.2, -0.15) is 0 Å². The zero-order chi connectivity index (χ0) is 14.8. The van der Waals surface area contributed by atoms with Crippen LogP contribution in [0.5, 0.6) is 0 Å². The van der Waals surface area contributed by atoms with Crippen molar-refractivity contribution in [3.8, 4) is 0 Å². The highest BCUT2D eigenvalue weighted by Gasteiger charge is 2.40. The van der Waals surface area contributed by atoms with Crippen LogP contribution in [0.2, 0.25) is 10.0 Å². The average molecular weight is 317 g/mol. The Morgan fingerprint density at radius 1 is 1.35 bits per heavy atom. The maximum absolute atomic E-state index is 10.7. The number of methoxy groups -OCH3 is 1. The third kappa shape index (κ3) is 3.48. The molecule has 0 bridgehead atoms. The Morgan fingerprint density at radius 3 is 2.60 bits per heavy atom. The highest BCUT2D eigenvalue weighted by atomic mass is 35.5. The molecule has 0 aliphatic heterocycles. The standard InChI is InChI=1S/C16H22Cl2O2/c1-11-5-7-16(20-2,8-6-11)15(19)10-12-9-13(17)3-4-14(12)18/h3-4,9,11,15,19H,5-8,10H2,1-2H3. The number of ether oxygens (including phenoxy) is 1. The number of hydrogen-bond acceptors (Lipinski definition) is 2. The third-order valence-corrected chi connectivity index (χ3v) is 5.16. The molecule has 0 spiro atoms. The lowest BCUT2D eigenvalue weighted by Crippen LogP contribution is -2.47. The molecule has 0 amide bonds. The molecule has 0 saturated heterocycles. The molecule has 1 aromatic rings. The molecule has 1 aliphatic carbocycles. The van der Waals surface area contributed by atoms with Gasteiger partial charge in [-0.15, -0.1) is 0 Å². The zero-order valence-electron chi connectivity index (χ0n) is 12.0. The van der Waals surface area contributed by atoms with Crippen molar-refractivity contribution >= 4 is 23.2 Å². The maximum atomic E-state index is 10.7. The Kier molecular flexibility index (Phi) is 5.36. The van der Waals surface area contributed by atoms with Crippen LogP contribution in [-0.4, -0.2) is 23.9 Å². The van der Waals surface area contributed by atoms with Crippen LogP contribution < -0.4 is 0 Å². The van der Waals surface area contributed by atoms with Gasteiger partial charge in [-0.25, -0.2) is 0 Å². The molecule has 1 saturated carbocycles. The first kappa shape index (κ1) is 16.1. The summed E-state index contributed by atoms with van der Waals surface area (Å²) in [4.78, 5) is 0. The molecule has 1 N–H and O–H groups in total. The summed E-state index contributed by atoms with van der Waals surface area (Å²) >= 11 is 12.2. The van der Waals surface area contributed by atoms with Crippen molar-refractivity contribution in [3.63, 3.8) is 0 Å². The van der Waals surface area contributed by atoms with Gasteiger partial charge in [0.1, 0.15) is 0 Å². The van der Waals surface area contributed by atoms with Gasteiger partial charge in [0, 0.05) is 23.6 Å². The molecule has 1 atom stereocenters. The molecule has 0 radical (unpaired) electrons. The Hall–Kier alpha value is -0.280. The van der Waals surface area contributed by atoms with Crippen LogP contribution >= 0.6 is 23.2 Å². The molecular weight excluding hydrogens is 295 g/mol. The molecule has 2 nitrogen and oxygen atoms in total. The quantitative estimate of drug-likeness (QED) is 0.886. The summed E-state index contributed by atoms with van der Waals surface area (Å²) in [5.41, 5.74) is 0.430. The molecule has 2 rings (SSSR count). The van der Waals surface area contributed by atoms with E-state index in [0.29, 0.717) is 22.4 Å². The van der Waals surface area contributed by atoms with Gasteiger partial charge in [0.15, 0.2) is 0 Å². The van der Waals surface area contributed by atoms with Crippen LogP contribution in [0.25, 0.3) is 0 Å². The number of aliphatic hydroxyl groups is 1. The van der Waals surface area contributed by atoms with Crippen molar-refractivity contribution in [2.45, 2.75) is 50.7 Å². The molecule has 1 aromatic carbocycles. The average Bonchev–Trinajstić information content (AvgIpc) is 2.44. The summed E-state index contributed by atoms with van der Waals surface area (Å²) in [5.74, 6) is 0.709. The Bertz CT molecular complexity index is 454. The van der Waals surface area contributed by atoms with Gasteiger partial charge in [-0.1, -0.05) is 30.1 Å². The summed E-state index contributed by atoms with van der Waals surface area (Å²) in [6, 6.07) is 5.35. The van der Waals surface area contributed by atoms with Gasteiger partial charge in [-0.05, 0) is 55.4 Å². The minimum atomic E-state index is -0.559. The molecule has 1 unspecified atom stereocenters. The lowest BCUT2D eigenvalue weighted by Gasteiger charge is -2.42. The predicted octanol–water partition coefficient (Wildman–Crippen LogP) is 4.49. The molecule has 0 heterocycles. The number of hydrogen-bond donors (Lipinski definition) is 1. The molecular formula is C16H22Cl2O2. The number of rotatable bonds is 4. The van der Waals surface area contributed by atoms with Crippen molar-refractivity contribution < 1.29 is 9.84 Å². The first-order chi connectivity index (χ1) is 9.47. The van der Waals surface area contributed by atoms with Gasteiger partial charge in [0.25, 0.3) is 0 Å². The van der Waals surface area contributed by atoms with Crippen molar-refractivity contribution in [2.75, 3.05) is 7.11 Å².